The zero-order valence-electron chi connectivity index (χ0n) is 33.5. The summed E-state index contributed by atoms with van der Waals surface area (Å²) >= 11 is 0. The normalized spacial score (nSPS) is 15.7. The fourth-order valence-electron chi connectivity index (χ4n) is 8.02. The summed E-state index contributed by atoms with van der Waals surface area (Å²) in [7, 11) is -3.35. The van der Waals surface area contributed by atoms with Gasteiger partial charge >= 0.3 is 293 Å². The van der Waals surface area contributed by atoms with Crippen molar-refractivity contribution in [1.82, 2.24) is 0 Å². The van der Waals surface area contributed by atoms with Crippen LogP contribution in [-0.4, -0.2) is 55.5 Å². The summed E-state index contributed by atoms with van der Waals surface area (Å²) in [6.45, 7) is 15.5. The van der Waals surface area contributed by atoms with E-state index in [4.69, 9.17) is 8.62 Å². The minimum atomic E-state index is -3.35. The number of rotatable bonds is 35. The van der Waals surface area contributed by atoms with Crippen molar-refractivity contribution in [2.24, 2.45) is 0 Å². The van der Waals surface area contributed by atoms with Crippen LogP contribution in [0.5, 0.6) is 0 Å². The molecule has 0 saturated heterocycles. The van der Waals surface area contributed by atoms with Crippen LogP contribution in [0.2, 0.25) is 0 Å². The van der Waals surface area contributed by atoms with Crippen LogP contribution in [0.1, 0.15) is 204 Å². The van der Waals surface area contributed by atoms with Gasteiger partial charge in [-0.3, -0.25) is 0 Å². The molecule has 0 heterocycles. The molecule has 0 aromatic rings. The molecule has 0 aromatic heterocycles. The molecular weight excluding hydrogens is 621 g/mol. The predicted octanol–water partition coefficient (Wildman–Crippen LogP) is 15.9. The third kappa shape index (κ3) is 16.8. The predicted molar refractivity (Wildman–Crippen MR) is 220 cm³/mol. The SMILES string of the molecule is CCCCCCCCP(=O)(OP(CCCC)(CCCC)(CCCC)CCCC)OP(CCCC)(CCCC)(CCCC)CCCC. The molecule has 0 atom stereocenters. The van der Waals surface area contributed by atoms with Crippen LogP contribution in [0.15, 0.2) is 0 Å². The van der Waals surface area contributed by atoms with Gasteiger partial charge in [0.1, 0.15) is 0 Å². The van der Waals surface area contributed by atoms with Crippen molar-refractivity contribution in [1.29, 1.82) is 0 Å². The Kier molecular flexibility index (Phi) is 26.5. The average molecular weight is 711 g/mol. The van der Waals surface area contributed by atoms with Crippen LogP contribution in [-0.2, 0) is 13.2 Å². The molecule has 0 bridgehead atoms. The number of hydrogen-bond acceptors (Lipinski definition) is 3. The molecule has 0 spiro atoms. The minimum absolute atomic E-state index is 0.655. The topological polar surface area (TPSA) is 35.5 Å². The van der Waals surface area contributed by atoms with Crippen molar-refractivity contribution in [3.8, 4) is 0 Å². The third-order valence-corrected chi connectivity index (χ3v) is 29.2. The molecule has 282 valence electrons. The van der Waals surface area contributed by atoms with E-state index in [1.165, 1.54) is 128 Å². The Labute approximate surface area is 292 Å². The van der Waals surface area contributed by atoms with Crippen molar-refractivity contribution in [2.75, 3.05) is 55.5 Å². The van der Waals surface area contributed by atoms with Gasteiger partial charge in [0.2, 0.25) is 0 Å². The van der Waals surface area contributed by atoms with Crippen molar-refractivity contribution < 1.29 is 13.2 Å². The van der Waals surface area contributed by atoms with E-state index in [-0.39, 0.29) is 0 Å². The third-order valence-electron chi connectivity index (χ3n) is 11.1. The van der Waals surface area contributed by atoms with Gasteiger partial charge in [-0.25, -0.2) is 0 Å². The molecule has 0 fully saturated rings. The van der Waals surface area contributed by atoms with Crippen molar-refractivity contribution in [3.05, 3.63) is 0 Å². The molecule has 46 heavy (non-hydrogen) atoms. The Balaban J connectivity index is 7.49. The van der Waals surface area contributed by atoms with Crippen LogP contribution in [0.4, 0.5) is 0 Å². The first-order valence-electron chi connectivity index (χ1n) is 21.1. The van der Waals surface area contributed by atoms with Gasteiger partial charge in [0, 0.05) is 0 Å². The molecule has 0 rings (SSSR count). The Bertz CT molecular complexity index is 632. The van der Waals surface area contributed by atoms with Gasteiger partial charge in [0.25, 0.3) is 0 Å². The van der Waals surface area contributed by atoms with Crippen molar-refractivity contribution >= 4 is 21.3 Å². The van der Waals surface area contributed by atoms with E-state index < -0.39 is 21.3 Å². The summed E-state index contributed by atoms with van der Waals surface area (Å²) in [5.74, 6) is 0. The Morgan fingerprint density at radius 2 is 0.543 bits per heavy atom. The standard InChI is InChI=1S/C40H89O3P3/c1-10-19-28-29-30-31-32-44(41,42-45(33-20-11-2,34-21-12-3,35-22-13-4)36-23-14-5)43-46(37-24-15-6,38-25-16-7,39-26-17-8)40-27-18-9/h10-40H2,1-9H3. The van der Waals surface area contributed by atoms with E-state index >= 15 is 4.57 Å². The van der Waals surface area contributed by atoms with Gasteiger partial charge in [-0.15, -0.1) is 0 Å². The zero-order valence-corrected chi connectivity index (χ0v) is 36.2. The van der Waals surface area contributed by atoms with E-state index in [9.17, 15) is 0 Å². The number of hydrogen-bond donors (Lipinski definition) is 0. The van der Waals surface area contributed by atoms with Crippen LogP contribution in [0, 0.1) is 0 Å². The zero-order chi connectivity index (χ0) is 34.7. The maximum atomic E-state index is 16.3. The molecular formula is C40H89O3P3. The summed E-state index contributed by atoms with van der Waals surface area (Å²) in [5.41, 5.74) is 0. The second-order valence-corrected chi connectivity index (χ2v) is 29.6. The molecule has 0 aliphatic heterocycles. The summed E-state index contributed by atoms with van der Waals surface area (Å²) in [6, 6.07) is 0. The van der Waals surface area contributed by atoms with Crippen LogP contribution < -0.4 is 0 Å². The molecule has 3 nitrogen and oxygen atoms in total. The quantitative estimate of drug-likeness (QED) is 0.0485. The van der Waals surface area contributed by atoms with Crippen LogP contribution in [0.3, 0.4) is 0 Å². The fraction of sp³-hybridized carbons (Fsp3) is 1.00. The average Bonchev–Trinajstić information content (AvgIpc) is 3.06. The molecule has 0 saturated carbocycles. The first-order valence-corrected chi connectivity index (χ1v) is 28.6. The molecule has 6 heteroatoms. The van der Waals surface area contributed by atoms with Crippen LogP contribution in [0.25, 0.3) is 0 Å². The first kappa shape index (κ1) is 47.0. The van der Waals surface area contributed by atoms with Gasteiger partial charge in [0.15, 0.2) is 0 Å². The second kappa shape index (κ2) is 25.9. The maximum absolute atomic E-state index is 16.3. The van der Waals surface area contributed by atoms with Gasteiger partial charge in [0.05, 0.1) is 0 Å². The van der Waals surface area contributed by atoms with Gasteiger partial charge in [-0.1, -0.05) is 0 Å². The van der Waals surface area contributed by atoms with E-state index in [0.29, 0.717) is 6.16 Å². The van der Waals surface area contributed by atoms with E-state index in [1.807, 2.05) is 0 Å². The second-order valence-electron chi connectivity index (χ2n) is 15.6. The first-order chi connectivity index (χ1) is 22.1. The number of unbranched alkanes of at least 4 members (excludes halogenated alkanes) is 13. The Morgan fingerprint density at radius 3 is 0.783 bits per heavy atom. The molecule has 0 aromatic carbocycles. The van der Waals surface area contributed by atoms with Crippen molar-refractivity contribution in [3.63, 3.8) is 0 Å². The summed E-state index contributed by atoms with van der Waals surface area (Å²) in [6.07, 6.45) is 36.3. The van der Waals surface area contributed by atoms with Gasteiger partial charge in [-0.05, 0) is 0 Å². The molecule has 0 unspecified atom stereocenters. The monoisotopic (exact) mass is 711 g/mol. The van der Waals surface area contributed by atoms with Crippen molar-refractivity contribution in [2.45, 2.75) is 204 Å². The molecule has 0 N–H and O–H groups in total. The fourth-order valence-corrected chi connectivity index (χ4v) is 29.5. The summed E-state index contributed by atoms with van der Waals surface area (Å²) in [5, 5.41) is 0. The Hall–Kier alpha value is 1.01. The van der Waals surface area contributed by atoms with E-state index in [1.54, 1.807) is 0 Å². The molecule has 0 aliphatic rings. The molecule has 0 radical (unpaired) electrons. The van der Waals surface area contributed by atoms with Gasteiger partial charge in [-0.2, -0.15) is 0 Å². The van der Waals surface area contributed by atoms with E-state index in [2.05, 4.69) is 62.3 Å². The van der Waals surface area contributed by atoms with E-state index in [0.717, 1.165) is 62.1 Å². The summed E-state index contributed by atoms with van der Waals surface area (Å²) in [4.78, 5) is 0. The Morgan fingerprint density at radius 1 is 0.326 bits per heavy atom. The summed E-state index contributed by atoms with van der Waals surface area (Å²) < 4.78 is 32.2. The van der Waals surface area contributed by atoms with Crippen LogP contribution >= 0.6 is 21.3 Å². The molecule has 0 amide bonds. The van der Waals surface area contributed by atoms with Gasteiger partial charge < -0.3 is 0 Å². The molecule has 0 aliphatic carbocycles.